The van der Waals surface area contributed by atoms with Gasteiger partial charge in [0.05, 0.1) is 19.7 Å². The molecule has 0 bridgehead atoms. The molecule has 0 N–H and O–H groups in total. The number of benzene rings is 2. The Bertz CT molecular complexity index is 769. The molecule has 0 saturated heterocycles. The van der Waals surface area contributed by atoms with Gasteiger partial charge in [-0.05, 0) is 41.7 Å². The van der Waals surface area contributed by atoms with Gasteiger partial charge in [0.25, 0.3) is 0 Å². The average Bonchev–Trinajstić information content (AvgIpc) is 2.71. The molecule has 5 heteroatoms. The van der Waals surface area contributed by atoms with Crippen LogP contribution in [0.5, 0.6) is 5.75 Å². The second-order valence-corrected chi connectivity index (χ2v) is 7.39. The lowest BCUT2D eigenvalue weighted by Gasteiger charge is -2.31. The monoisotopic (exact) mass is 382 g/mol. The lowest BCUT2D eigenvalue weighted by atomic mass is 9.98. The van der Waals surface area contributed by atoms with Crippen molar-refractivity contribution in [1.82, 2.24) is 9.80 Å². The molecule has 150 valence electrons. The molecule has 0 aliphatic carbocycles. The molecule has 1 atom stereocenters. The summed E-state index contributed by atoms with van der Waals surface area (Å²) in [6.45, 7) is 6.85. The van der Waals surface area contributed by atoms with E-state index in [4.69, 9.17) is 4.74 Å². The van der Waals surface area contributed by atoms with Crippen LogP contribution in [0.1, 0.15) is 49.4 Å². The van der Waals surface area contributed by atoms with E-state index in [-0.39, 0.29) is 18.5 Å². The average molecular weight is 383 g/mol. The van der Waals surface area contributed by atoms with Crippen molar-refractivity contribution in [3.63, 3.8) is 0 Å². The fraction of sp³-hybridized carbons (Fsp3) is 0.391. The van der Waals surface area contributed by atoms with E-state index < -0.39 is 0 Å². The van der Waals surface area contributed by atoms with Gasteiger partial charge in [-0.25, -0.2) is 0 Å². The van der Waals surface area contributed by atoms with Gasteiger partial charge in [0.2, 0.25) is 12.3 Å². The van der Waals surface area contributed by atoms with Crippen molar-refractivity contribution in [2.75, 3.05) is 20.7 Å². The van der Waals surface area contributed by atoms with Crippen LogP contribution < -0.4 is 4.74 Å². The minimum Gasteiger partial charge on any atom is -0.497 e. The van der Waals surface area contributed by atoms with Gasteiger partial charge in [-0.2, -0.15) is 0 Å². The maximum atomic E-state index is 12.9. The highest BCUT2D eigenvalue weighted by atomic mass is 16.5. The first-order valence-electron chi connectivity index (χ1n) is 9.53. The van der Waals surface area contributed by atoms with Gasteiger partial charge in [0, 0.05) is 13.6 Å². The number of likely N-dealkylation sites (N-methyl/N-ethyl adjacent to an activating group) is 1. The number of carbonyl (C=O) groups excluding carboxylic acids is 2. The molecule has 0 fully saturated rings. The van der Waals surface area contributed by atoms with Crippen molar-refractivity contribution in [2.24, 2.45) is 0 Å². The Kier molecular flexibility index (Phi) is 7.61. The highest BCUT2D eigenvalue weighted by Crippen LogP contribution is 2.25. The van der Waals surface area contributed by atoms with Crippen LogP contribution in [0.15, 0.2) is 48.5 Å². The van der Waals surface area contributed by atoms with Crippen LogP contribution in [0, 0.1) is 0 Å². The zero-order valence-electron chi connectivity index (χ0n) is 17.4. The Hall–Kier alpha value is -2.82. The molecule has 0 aromatic heterocycles. The second-order valence-electron chi connectivity index (χ2n) is 7.39. The highest BCUT2D eigenvalue weighted by molar-refractivity contribution is 5.80. The molecule has 5 nitrogen and oxygen atoms in total. The quantitative estimate of drug-likeness (QED) is 0.616. The summed E-state index contributed by atoms with van der Waals surface area (Å²) in [6, 6.07) is 16.0. The SMILES string of the molecule is COc1ccc(CN(C(=O)CN(C)C=O)C(C)c2ccc(C(C)C)cc2)cc1. The Morgan fingerprint density at radius 2 is 1.57 bits per heavy atom. The summed E-state index contributed by atoms with van der Waals surface area (Å²) in [7, 11) is 3.24. The zero-order valence-corrected chi connectivity index (χ0v) is 17.4. The number of rotatable bonds is 9. The predicted molar refractivity (Wildman–Crippen MR) is 111 cm³/mol. The molecule has 0 aliphatic heterocycles. The van der Waals surface area contributed by atoms with Crippen LogP contribution in [0.25, 0.3) is 0 Å². The molecule has 0 heterocycles. The molecule has 2 amide bonds. The molecule has 2 aromatic rings. The normalized spacial score (nSPS) is 11.8. The first kappa shape index (κ1) is 21.5. The van der Waals surface area contributed by atoms with Crippen molar-refractivity contribution >= 4 is 12.3 Å². The topological polar surface area (TPSA) is 49.9 Å². The number of methoxy groups -OCH3 is 1. The number of amides is 2. The Morgan fingerprint density at radius 3 is 2.07 bits per heavy atom. The van der Waals surface area contributed by atoms with E-state index in [2.05, 4.69) is 38.1 Å². The summed E-state index contributed by atoms with van der Waals surface area (Å²) < 4.78 is 5.21. The van der Waals surface area contributed by atoms with Gasteiger partial charge in [-0.3, -0.25) is 9.59 Å². The standard InChI is InChI=1S/C23H30N2O3/c1-17(2)20-8-10-21(11-9-20)18(3)25(23(27)15-24(4)16-26)14-19-6-12-22(28-5)13-7-19/h6-13,16-18H,14-15H2,1-5H3. The smallest absolute Gasteiger partial charge is 0.242 e. The molecule has 1 unspecified atom stereocenters. The van der Waals surface area contributed by atoms with Gasteiger partial charge >= 0.3 is 0 Å². The second kappa shape index (κ2) is 9.93. The van der Waals surface area contributed by atoms with Gasteiger partial charge in [-0.15, -0.1) is 0 Å². The summed E-state index contributed by atoms with van der Waals surface area (Å²) in [6.07, 6.45) is 0.672. The van der Waals surface area contributed by atoms with E-state index in [1.165, 1.54) is 10.5 Å². The third-order valence-corrected chi connectivity index (χ3v) is 4.95. The van der Waals surface area contributed by atoms with E-state index >= 15 is 0 Å². The molecular formula is C23H30N2O3. The molecule has 28 heavy (non-hydrogen) atoms. The van der Waals surface area contributed by atoms with E-state index in [0.717, 1.165) is 16.9 Å². The van der Waals surface area contributed by atoms with Crippen LogP contribution in [0.3, 0.4) is 0 Å². The van der Waals surface area contributed by atoms with E-state index in [0.29, 0.717) is 18.9 Å². The van der Waals surface area contributed by atoms with Crippen LogP contribution in [-0.2, 0) is 16.1 Å². The lowest BCUT2D eigenvalue weighted by Crippen LogP contribution is -2.39. The first-order chi connectivity index (χ1) is 13.3. The molecule has 0 saturated carbocycles. The number of hydrogen-bond acceptors (Lipinski definition) is 3. The summed E-state index contributed by atoms with van der Waals surface area (Å²) in [4.78, 5) is 27.1. The number of nitrogens with zero attached hydrogens (tertiary/aromatic N) is 2. The maximum Gasteiger partial charge on any atom is 0.242 e. The van der Waals surface area contributed by atoms with Crippen LogP contribution in [-0.4, -0.2) is 42.8 Å². The zero-order chi connectivity index (χ0) is 20.7. The van der Waals surface area contributed by atoms with Gasteiger partial charge in [0.15, 0.2) is 0 Å². The third-order valence-electron chi connectivity index (χ3n) is 4.95. The fourth-order valence-electron chi connectivity index (χ4n) is 3.05. The Balaban J connectivity index is 2.27. The molecule has 0 spiro atoms. The number of carbonyl (C=O) groups is 2. The van der Waals surface area contributed by atoms with Gasteiger partial charge < -0.3 is 14.5 Å². The Morgan fingerprint density at radius 1 is 1.00 bits per heavy atom. The molecule has 0 radical (unpaired) electrons. The number of hydrogen-bond donors (Lipinski definition) is 0. The summed E-state index contributed by atoms with van der Waals surface area (Å²) in [5.41, 5.74) is 3.35. The van der Waals surface area contributed by atoms with Gasteiger partial charge in [-0.1, -0.05) is 50.2 Å². The Labute approximate surface area is 167 Å². The van der Waals surface area contributed by atoms with Crippen molar-refractivity contribution in [1.29, 1.82) is 0 Å². The van der Waals surface area contributed by atoms with Crippen molar-refractivity contribution in [3.05, 3.63) is 65.2 Å². The minimum atomic E-state index is -0.115. The van der Waals surface area contributed by atoms with Crippen molar-refractivity contribution in [3.8, 4) is 5.75 Å². The third kappa shape index (κ3) is 5.59. The van der Waals surface area contributed by atoms with E-state index in [1.54, 1.807) is 14.2 Å². The van der Waals surface area contributed by atoms with E-state index in [1.807, 2.05) is 36.1 Å². The summed E-state index contributed by atoms with van der Waals surface area (Å²) in [5, 5.41) is 0. The van der Waals surface area contributed by atoms with Crippen LogP contribution >= 0.6 is 0 Å². The van der Waals surface area contributed by atoms with Crippen molar-refractivity contribution < 1.29 is 14.3 Å². The predicted octanol–water partition coefficient (Wildman–Crippen LogP) is 4.00. The molecule has 2 rings (SSSR count). The van der Waals surface area contributed by atoms with Crippen molar-refractivity contribution in [2.45, 2.75) is 39.3 Å². The molecule has 0 aliphatic rings. The minimum absolute atomic E-state index is 0.0497. The summed E-state index contributed by atoms with van der Waals surface area (Å²) >= 11 is 0. The first-order valence-corrected chi connectivity index (χ1v) is 9.53. The highest BCUT2D eigenvalue weighted by Gasteiger charge is 2.23. The molecular weight excluding hydrogens is 352 g/mol. The number of ether oxygens (including phenoxy) is 1. The van der Waals surface area contributed by atoms with Crippen LogP contribution in [0.2, 0.25) is 0 Å². The van der Waals surface area contributed by atoms with Gasteiger partial charge in [0.1, 0.15) is 5.75 Å². The maximum absolute atomic E-state index is 12.9. The largest absolute Gasteiger partial charge is 0.497 e. The van der Waals surface area contributed by atoms with Crippen LogP contribution in [0.4, 0.5) is 0 Å². The molecule has 2 aromatic carbocycles. The fourth-order valence-corrected chi connectivity index (χ4v) is 3.05. The van der Waals surface area contributed by atoms with E-state index in [9.17, 15) is 9.59 Å². The lowest BCUT2D eigenvalue weighted by molar-refractivity contribution is -0.137. The summed E-state index contributed by atoms with van der Waals surface area (Å²) in [5.74, 6) is 1.15.